The fraction of sp³-hybridized carbons (Fsp3) is 0.333. The summed E-state index contributed by atoms with van der Waals surface area (Å²) in [4.78, 5) is 2.84. The summed E-state index contributed by atoms with van der Waals surface area (Å²) in [5.41, 5.74) is 0. The molecule has 0 unspecified atom stereocenters. The van der Waals surface area contributed by atoms with Crippen LogP contribution in [0.3, 0.4) is 0 Å². The molecule has 0 saturated carbocycles. The van der Waals surface area contributed by atoms with Crippen LogP contribution in [0.25, 0.3) is 0 Å². The van der Waals surface area contributed by atoms with Crippen LogP contribution in [0.15, 0.2) is 64.4 Å². The normalized spacial score (nSPS) is 16.8. The van der Waals surface area contributed by atoms with Crippen molar-refractivity contribution in [1.29, 1.82) is 0 Å². The first-order valence-corrected chi connectivity index (χ1v) is 10.8. The Hall–Kier alpha value is -1.41. The molecule has 0 amide bonds. The van der Waals surface area contributed by atoms with Gasteiger partial charge in [-0.25, -0.2) is 12.8 Å². The van der Waals surface area contributed by atoms with Crippen LogP contribution in [-0.2, 0) is 10.0 Å². The molecule has 134 valence electrons. The van der Waals surface area contributed by atoms with Crippen LogP contribution in [0.4, 0.5) is 4.39 Å². The number of hydrogen-bond donors (Lipinski definition) is 1. The minimum atomic E-state index is -3.37. The lowest BCUT2D eigenvalue weighted by molar-refractivity contribution is -0.901. The van der Waals surface area contributed by atoms with Crippen molar-refractivity contribution in [2.24, 2.45) is 0 Å². The van der Waals surface area contributed by atoms with E-state index in [4.69, 9.17) is 0 Å². The van der Waals surface area contributed by atoms with E-state index in [1.807, 2.05) is 6.07 Å². The van der Waals surface area contributed by atoms with Crippen molar-refractivity contribution in [2.45, 2.75) is 9.79 Å². The van der Waals surface area contributed by atoms with Gasteiger partial charge in [-0.3, -0.25) is 0 Å². The summed E-state index contributed by atoms with van der Waals surface area (Å²) in [6.07, 6.45) is 0. The first kappa shape index (κ1) is 18.4. The summed E-state index contributed by atoms with van der Waals surface area (Å²) >= 11 is 1.71. The summed E-state index contributed by atoms with van der Waals surface area (Å²) in [6, 6.07) is 15.1. The Bertz CT molecular complexity index is 774. The minimum Gasteiger partial charge on any atom is -0.332 e. The van der Waals surface area contributed by atoms with Gasteiger partial charge in [-0.05, 0) is 36.4 Å². The maximum Gasteiger partial charge on any atom is 0.243 e. The smallest absolute Gasteiger partial charge is 0.243 e. The summed E-state index contributed by atoms with van der Waals surface area (Å²) in [5.74, 6) is 0.720. The van der Waals surface area contributed by atoms with Gasteiger partial charge >= 0.3 is 0 Å². The fourth-order valence-electron chi connectivity index (χ4n) is 2.88. The van der Waals surface area contributed by atoms with Crippen LogP contribution in [0.2, 0.25) is 0 Å². The molecule has 1 saturated heterocycles. The van der Waals surface area contributed by atoms with Gasteiger partial charge < -0.3 is 4.90 Å². The van der Waals surface area contributed by atoms with Crippen LogP contribution in [-0.4, -0.2) is 51.2 Å². The average Bonchev–Trinajstić information content (AvgIpc) is 2.64. The molecule has 1 fully saturated rings. The van der Waals surface area contributed by atoms with Crippen LogP contribution in [0.5, 0.6) is 0 Å². The van der Waals surface area contributed by atoms with Crippen molar-refractivity contribution in [1.82, 2.24) is 4.31 Å². The van der Waals surface area contributed by atoms with E-state index in [-0.39, 0.29) is 5.82 Å². The Morgan fingerprint density at radius 1 is 1.00 bits per heavy atom. The van der Waals surface area contributed by atoms with E-state index in [2.05, 4.69) is 0 Å². The van der Waals surface area contributed by atoms with Gasteiger partial charge in [0.15, 0.2) is 0 Å². The molecule has 2 aromatic carbocycles. The second-order valence-corrected chi connectivity index (χ2v) is 9.13. The molecule has 1 N–H and O–H groups in total. The fourth-order valence-corrected chi connectivity index (χ4v) is 5.30. The Morgan fingerprint density at radius 3 is 2.28 bits per heavy atom. The van der Waals surface area contributed by atoms with E-state index in [0.29, 0.717) is 18.0 Å². The number of benzene rings is 2. The highest BCUT2D eigenvalue weighted by molar-refractivity contribution is 7.99. The molecule has 0 radical (unpaired) electrons. The molecule has 2 aromatic rings. The van der Waals surface area contributed by atoms with E-state index in [1.54, 1.807) is 52.5 Å². The molecular weight excluding hydrogens is 359 g/mol. The number of halogens is 1. The van der Waals surface area contributed by atoms with Crippen LogP contribution in [0, 0.1) is 5.82 Å². The van der Waals surface area contributed by atoms with Gasteiger partial charge in [0.1, 0.15) is 5.82 Å². The van der Waals surface area contributed by atoms with Gasteiger partial charge in [-0.2, -0.15) is 4.31 Å². The lowest BCUT2D eigenvalue weighted by atomic mass is 10.3. The number of piperazine rings is 1. The third kappa shape index (κ3) is 4.82. The number of sulfonamides is 1. The van der Waals surface area contributed by atoms with Gasteiger partial charge in [-0.1, -0.05) is 18.2 Å². The topological polar surface area (TPSA) is 41.8 Å². The number of hydrogen-bond acceptors (Lipinski definition) is 3. The maximum atomic E-state index is 12.9. The number of rotatable bonds is 6. The summed E-state index contributed by atoms with van der Waals surface area (Å²) in [7, 11) is -3.37. The van der Waals surface area contributed by atoms with E-state index in [9.17, 15) is 12.8 Å². The lowest BCUT2D eigenvalue weighted by Gasteiger charge is -2.31. The summed E-state index contributed by atoms with van der Waals surface area (Å²) in [6.45, 7) is 3.70. The number of nitrogens with one attached hydrogen (secondary N) is 1. The Morgan fingerprint density at radius 2 is 1.64 bits per heavy atom. The van der Waals surface area contributed by atoms with Gasteiger partial charge in [0.05, 0.1) is 37.6 Å². The summed E-state index contributed by atoms with van der Waals surface area (Å²) in [5, 5.41) is 0. The average molecular weight is 382 g/mol. The monoisotopic (exact) mass is 381 g/mol. The first-order valence-electron chi connectivity index (χ1n) is 8.33. The second-order valence-electron chi connectivity index (χ2n) is 6.02. The van der Waals surface area contributed by atoms with Crippen molar-refractivity contribution in [3.05, 3.63) is 60.4 Å². The summed E-state index contributed by atoms with van der Waals surface area (Å²) < 4.78 is 39.7. The van der Waals surface area contributed by atoms with Gasteiger partial charge in [0.2, 0.25) is 10.0 Å². The molecule has 1 heterocycles. The van der Waals surface area contributed by atoms with Crippen LogP contribution >= 0.6 is 11.8 Å². The SMILES string of the molecule is O=S(=O)(c1ccccc1)N1CC[NH+](CCSc2ccc(F)cc2)CC1. The standard InChI is InChI=1S/C18H21FN2O2S2/c19-16-6-8-17(9-7-16)24-15-14-20-10-12-21(13-11-20)25(22,23)18-4-2-1-3-5-18/h1-9H,10-15H2/p+1. The predicted octanol–water partition coefficient (Wildman–Crippen LogP) is 1.51. The molecule has 1 aliphatic heterocycles. The van der Waals surface area contributed by atoms with E-state index in [1.165, 1.54) is 17.0 Å². The zero-order chi connectivity index (χ0) is 17.7. The molecule has 0 bridgehead atoms. The zero-order valence-electron chi connectivity index (χ0n) is 13.9. The van der Waals surface area contributed by atoms with Gasteiger partial charge in [0, 0.05) is 10.6 Å². The molecule has 0 aromatic heterocycles. The zero-order valence-corrected chi connectivity index (χ0v) is 15.5. The van der Waals surface area contributed by atoms with Crippen LogP contribution in [0.1, 0.15) is 0 Å². The molecule has 7 heteroatoms. The van der Waals surface area contributed by atoms with Crippen LogP contribution < -0.4 is 4.90 Å². The third-order valence-electron chi connectivity index (χ3n) is 4.35. The van der Waals surface area contributed by atoms with Gasteiger partial charge in [-0.15, -0.1) is 11.8 Å². The molecule has 0 atom stereocenters. The van der Waals surface area contributed by atoms with E-state index in [0.717, 1.165) is 30.3 Å². The largest absolute Gasteiger partial charge is 0.332 e. The van der Waals surface area contributed by atoms with Crippen molar-refractivity contribution in [2.75, 3.05) is 38.5 Å². The lowest BCUT2D eigenvalue weighted by Crippen LogP contribution is -3.15. The minimum absolute atomic E-state index is 0.217. The number of nitrogens with zero attached hydrogens (tertiary/aromatic N) is 1. The molecule has 4 nitrogen and oxygen atoms in total. The second kappa shape index (κ2) is 8.31. The van der Waals surface area contributed by atoms with Crippen molar-refractivity contribution < 1.29 is 17.7 Å². The van der Waals surface area contributed by atoms with Gasteiger partial charge in [0.25, 0.3) is 0 Å². The van der Waals surface area contributed by atoms with Crippen molar-refractivity contribution in [3.8, 4) is 0 Å². The molecule has 25 heavy (non-hydrogen) atoms. The molecule has 3 rings (SSSR count). The number of thioether (sulfide) groups is 1. The van der Waals surface area contributed by atoms with Crippen molar-refractivity contribution >= 4 is 21.8 Å². The quantitative estimate of drug-likeness (QED) is 0.772. The Labute approximate surface area is 152 Å². The Kier molecular flexibility index (Phi) is 6.11. The molecular formula is C18H22FN2O2S2+. The predicted molar refractivity (Wildman–Crippen MR) is 97.9 cm³/mol. The highest BCUT2D eigenvalue weighted by Gasteiger charge is 2.29. The van der Waals surface area contributed by atoms with E-state index < -0.39 is 10.0 Å². The van der Waals surface area contributed by atoms with Crippen molar-refractivity contribution in [3.63, 3.8) is 0 Å². The maximum absolute atomic E-state index is 12.9. The first-order chi connectivity index (χ1) is 12.1. The molecule has 1 aliphatic rings. The number of quaternary nitrogens is 1. The molecule has 0 aliphatic carbocycles. The highest BCUT2D eigenvalue weighted by atomic mass is 32.2. The highest BCUT2D eigenvalue weighted by Crippen LogP contribution is 2.17. The molecule has 0 spiro atoms. The van der Waals surface area contributed by atoms with E-state index >= 15 is 0 Å². The Balaban J connectivity index is 1.46. The third-order valence-corrected chi connectivity index (χ3v) is 7.28.